The Morgan fingerprint density at radius 1 is 1.33 bits per heavy atom. The largest absolute Gasteiger partial charge is 0.365 e. The number of likely N-dealkylation sites (tertiary alicyclic amines) is 1. The minimum atomic E-state index is -0.113. The van der Waals surface area contributed by atoms with Crippen LogP contribution in [-0.2, 0) is 4.79 Å². The van der Waals surface area contributed by atoms with Gasteiger partial charge < -0.3 is 10.2 Å². The lowest BCUT2D eigenvalue weighted by Gasteiger charge is -2.33. The molecule has 3 aromatic rings. The predicted molar refractivity (Wildman–Crippen MR) is 99.7 cm³/mol. The third-order valence-electron chi connectivity index (χ3n) is 4.66. The molecule has 1 amide bonds. The van der Waals surface area contributed by atoms with Crippen LogP contribution in [0.15, 0.2) is 42.9 Å². The predicted octanol–water partition coefficient (Wildman–Crippen LogP) is 2.11. The minimum Gasteiger partial charge on any atom is -0.365 e. The van der Waals surface area contributed by atoms with Crippen molar-refractivity contribution in [1.29, 1.82) is 5.26 Å². The second-order valence-electron chi connectivity index (χ2n) is 6.50. The van der Waals surface area contributed by atoms with E-state index in [1.54, 1.807) is 17.3 Å². The Balaban J connectivity index is 1.51. The molecule has 1 saturated heterocycles. The second-order valence-corrected chi connectivity index (χ2v) is 6.50. The number of anilines is 1. The van der Waals surface area contributed by atoms with Gasteiger partial charge in [-0.3, -0.25) is 9.20 Å². The molecule has 1 aliphatic heterocycles. The fraction of sp³-hybridized carbons (Fsp3) is 0.316. The van der Waals surface area contributed by atoms with Gasteiger partial charge in [0, 0.05) is 31.5 Å². The van der Waals surface area contributed by atoms with Gasteiger partial charge in [0.25, 0.3) is 0 Å². The Bertz CT molecular complexity index is 1010. The number of amides is 1. The average molecular weight is 361 g/mol. The number of aromatic nitrogens is 4. The highest BCUT2D eigenvalue weighted by Crippen LogP contribution is 2.20. The van der Waals surface area contributed by atoms with Crippen molar-refractivity contribution in [2.75, 3.05) is 18.4 Å². The number of nitrogens with zero attached hydrogens (tertiary/aromatic N) is 6. The molecular formula is C19H19N7O. The Morgan fingerprint density at radius 3 is 3.15 bits per heavy atom. The Labute approximate surface area is 156 Å². The van der Waals surface area contributed by atoms with Gasteiger partial charge in [0.2, 0.25) is 5.91 Å². The van der Waals surface area contributed by atoms with Crippen molar-refractivity contribution in [2.45, 2.75) is 25.3 Å². The van der Waals surface area contributed by atoms with Gasteiger partial charge in [-0.2, -0.15) is 5.26 Å². The third kappa shape index (κ3) is 3.58. The summed E-state index contributed by atoms with van der Waals surface area (Å²) in [6.07, 6.45) is 7.19. The van der Waals surface area contributed by atoms with Crippen LogP contribution < -0.4 is 5.32 Å². The fourth-order valence-electron chi connectivity index (χ4n) is 3.37. The van der Waals surface area contributed by atoms with Crippen LogP contribution in [0.1, 0.15) is 19.3 Å². The third-order valence-corrected chi connectivity index (χ3v) is 4.66. The lowest BCUT2D eigenvalue weighted by atomic mass is 10.1. The molecule has 3 aromatic heterocycles. The van der Waals surface area contributed by atoms with Crippen LogP contribution in [0.5, 0.6) is 0 Å². The number of hydrogen-bond acceptors (Lipinski definition) is 6. The Kier molecular flexibility index (Phi) is 4.66. The summed E-state index contributed by atoms with van der Waals surface area (Å²) in [6, 6.07) is 9.66. The summed E-state index contributed by atoms with van der Waals surface area (Å²) >= 11 is 0. The monoisotopic (exact) mass is 361 g/mol. The summed E-state index contributed by atoms with van der Waals surface area (Å²) in [7, 11) is 0. The molecule has 1 atom stereocenters. The highest BCUT2D eigenvalue weighted by molar-refractivity contribution is 5.78. The molecule has 136 valence electrons. The fourth-order valence-corrected chi connectivity index (χ4v) is 3.37. The molecule has 8 heteroatoms. The van der Waals surface area contributed by atoms with E-state index in [-0.39, 0.29) is 18.4 Å². The van der Waals surface area contributed by atoms with Crippen molar-refractivity contribution < 1.29 is 4.79 Å². The first-order chi connectivity index (χ1) is 13.2. The zero-order valence-corrected chi connectivity index (χ0v) is 14.7. The van der Waals surface area contributed by atoms with Crippen LogP contribution in [0.4, 0.5) is 5.82 Å². The SMILES string of the molecule is N#CCC(=O)N1CCC[C@H](Nc2ccnc(-c3cnc4ccccn34)n2)C1. The molecule has 4 rings (SSSR count). The molecule has 0 aliphatic carbocycles. The van der Waals surface area contributed by atoms with Gasteiger partial charge in [0.05, 0.1) is 12.3 Å². The number of imidazole rings is 1. The summed E-state index contributed by atoms with van der Waals surface area (Å²) in [5.41, 5.74) is 1.66. The summed E-state index contributed by atoms with van der Waals surface area (Å²) in [4.78, 5) is 27.1. The van der Waals surface area contributed by atoms with Crippen molar-refractivity contribution >= 4 is 17.4 Å². The molecule has 0 aromatic carbocycles. The standard InChI is InChI=1S/C19H19N7O/c20-8-6-18(27)25-10-3-4-14(13-25)23-16-7-9-21-19(24-16)15-12-22-17-5-1-2-11-26(15)17/h1-2,5,7,9,11-12,14H,3-4,6,10,13H2,(H,21,23,24)/t14-/m0/s1. The zero-order valence-electron chi connectivity index (χ0n) is 14.7. The van der Waals surface area contributed by atoms with Crippen LogP contribution in [0.3, 0.4) is 0 Å². The number of rotatable bonds is 4. The van der Waals surface area contributed by atoms with Crippen LogP contribution in [0.25, 0.3) is 17.2 Å². The van der Waals surface area contributed by atoms with Gasteiger partial charge in [-0.05, 0) is 31.0 Å². The first-order valence-corrected chi connectivity index (χ1v) is 8.91. The number of carbonyl (C=O) groups is 1. The van der Waals surface area contributed by atoms with E-state index < -0.39 is 0 Å². The number of fused-ring (bicyclic) bond motifs is 1. The van der Waals surface area contributed by atoms with Gasteiger partial charge in [-0.15, -0.1) is 0 Å². The van der Waals surface area contributed by atoms with E-state index in [4.69, 9.17) is 5.26 Å². The van der Waals surface area contributed by atoms with Gasteiger partial charge in [0.15, 0.2) is 5.82 Å². The quantitative estimate of drug-likeness (QED) is 0.764. The number of nitrogens with one attached hydrogen (secondary N) is 1. The lowest BCUT2D eigenvalue weighted by Crippen LogP contribution is -2.45. The van der Waals surface area contributed by atoms with Crippen molar-refractivity contribution in [1.82, 2.24) is 24.3 Å². The van der Waals surface area contributed by atoms with Crippen LogP contribution in [-0.4, -0.2) is 49.3 Å². The van der Waals surface area contributed by atoms with E-state index >= 15 is 0 Å². The number of piperidine rings is 1. The van der Waals surface area contributed by atoms with E-state index in [1.165, 1.54) is 0 Å². The molecule has 4 heterocycles. The summed E-state index contributed by atoms with van der Waals surface area (Å²) < 4.78 is 1.95. The minimum absolute atomic E-state index is 0.0708. The second kappa shape index (κ2) is 7.41. The molecule has 8 nitrogen and oxygen atoms in total. The average Bonchev–Trinajstić information content (AvgIpc) is 3.13. The number of nitriles is 1. The van der Waals surface area contributed by atoms with E-state index in [0.717, 1.165) is 24.2 Å². The van der Waals surface area contributed by atoms with Crippen molar-refractivity contribution in [3.8, 4) is 17.6 Å². The Morgan fingerprint density at radius 2 is 2.26 bits per heavy atom. The molecule has 1 aliphatic rings. The van der Waals surface area contributed by atoms with E-state index in [2.05, 4.69) is 20.3 Å². The Hall–Kier alpha value is -3.47. The van der Waals surface area contributed by atoms with Crippen molar-refractivity contribution in [3.63, 3.8) is 0 Å². The summed E-state index contributed by atoms with van der Waals surface area (Å²) in [6.45, 7) is 1.28. The molecule has 1 fully saturated rings. The number of hydrogen-bond donors (Lipinski definition) is 1. The molecule has 0 bridgehead atoms. The molecule has 27 heavy (non-hydrogen) atoms. The molecule has 0 saturated carbocycles. The summed E-state index contributed by atoms with van der Waals surface area (Å²) in [5, 5.41) is 12.1. The van der Waals surface area contributed by atoms with E-state index in [1.807, 2.05) is 40.9 Å². The lowest BCUT2D eigenvalue weighted by molar-refractivity contribution is -0.131. The topological polar surface area (TPSA) is 99.2 Å². The van der Waals surface area contributed by atoms with Gasteiger partial charge in [0.1, 0.15) is 23.6 Å². The van der Waals surface area contributed by atoms with Crippen LogP contribution >= 0.6 is 0 Å². The normalized spacial score (nSPS) is 16.9. The maximum absolute atomic E-state index is 12.0. The molecule has 0 unspecified atom stereocenters. The number of carbonyl (C=O) groups excluding carboxylic acids is 1. The molecular weight excluding hydrogens is 342 g/mol. The van der Waals surface area contributed by atoms with Gasteiger partial charge in [-0.1, -0.05) is 6.07 Å². The highest BCUT2D eigenvalue weighted by atomic mass is 16.2. The maximum atomic E-state index is 12.0. The van der Waals surface area contributed by atoms with E-state index in [0.29, 0.717) is 24.7 Å². The maximum Gasteiger partial charge on any atom is 0.236 e. The first-order valence-electron chi connectivity index (χ1n) is 8.91. The smallest absolute Gasteiger partial charge is 0.236 e. The van der Waals surface area contributed by atoms with Gasteiger partial charge >= 0.3 is 0 Å². The first kappa shape index (κ1) is 17.0. The van der Waals surface area contributed by atoms with Crippen LogP contribution in [0, 0.1) is 11.3 Å². The number of pyridine rings is 1. The highest BCUT2D eigenvalue weighted by Gasteiger charge is 2.23. The molecule has 0 spiro atoms. The zero-order chi connectivity index (χ0) is 18.6. The van der Waals surface area contributed by atoms with Crippen molar-refractivity contribution in [3.05, 3.63) is 42.9 Å². The van der Waals surface area contributed by atoms with Crippen LogP contribution in [0.2, 0.25) is 0 Å². The summed E-state index contributed by atoms with van der Waals surface area (Å²) in [5.74, 6) is 1.19. The van der Waals surface area contributed by atoms with Gasteiger partial charge in [-0.25, -0.2) is 15.0 Å². The molecule has 1 N–H and O–H groups in total. The van der Waals surface area contributed by atoms with E-state index in [9.17, 15) is 4.79 Å². The molecule has 0 radical (unpaired) electrons. The van der Waals surface area contributed by atoms with Crippen molar-refractivity contribution in [2.24, 2.45) is 0 Å².